The van der Waals surface area contributed by atoms with Crippen LogP contribution in [0.1, 0.15) is 343 Å². The van der Waals surface area contributed by atoms with Gasteiger partial charge < -0.3 is 14.2 Å². The zero-order valence-electron chi connectivity index (χ0n) is 46.8. The van der Waals surface area contributed by atoms with Gasteiger partial charge in [0, 0.05) is 18.8 Å². The molecular weight excluding hydrogens is 821 g/mol. The Morgan fingerprint density at radius 1 is 0.313 bits per heavy atom. The van der Waals surface area contributed by atoms with E-state index in [2.05, 4.69) is 34.3 Å². The van der Waals surface area contributed by atoms with Crippen molar-refractivity contribution in [2.45, 2.75) is 349 Å². The fourth-order valence-electron chi connectivity index (χ4n) is 10.1. The topological polar surface area (TPSA) is 44.8 Å². The van der Waals surface area contributed by atoms with Crippen LogP contribution in [0, 0.1) is 11.8 Å². The normalized spacial score (nSPS) is 13.0. The van der Waals surface area contributed by atoms with E-state index in [-0.39, 0.29) is 5.97 Å². The molecule has 0 aliphatic carbocycles. The van der Waals surface area contributed by atoms with E-state index in [0.29, 0.717) is 30.6 Å². The molecule has 0 spiro atoms. The minimum absolute atomic E-state index is 0.325. The van der Waals surface area contributed by atoms with Crippen LogP contribution in [0.25, 0.3) is 0 Å². The SMILES string of the molecule is C=C(C)C(=O)OC(COCC(CCCCCCCCCCCC)CCCCCCCCCCCCCC)COCC(CCCCCCCCCCCC)CCCCCCCCCCCCCC. The monoisotopic (exact) mass is 945 g/mol. The van der Waals surface area contributed by atoms with Gasteiger partial charge in [0.15, 0.2) is 0 Å². The van der Waals surface area contributed by atoms with E-state index < -0.39 is 6.10 Å². The third-order valence-corrected chi connectivity index (χ3v) is 14.8. The summed E-state index contributed by atoms with van der Waals surface area (Å²) in [7, 11) is 0. The molecule has 0 bridgehead atoms. The lowest BCUT2D eigenvalue weighted by molar-refractivity contribution is -0.152. The van der Waals surface area contributed by atoms with Crippen LogP contribution in [-0.4, -0.2) is 38.5 Å². The van der Waals surface area contributed by atoms with E-state index in [1.165, 1.54) is 308 Å². The lowest BCUT2D eigenvalue weighted by atomic mass is 9.94. The summed E-state index contributed by atoms with van der Waals surface area (Å²) in [4.78, 5) is 12.8. The predicted octanol–water partition coefficient (Wildman–Crippen LogP) is 21.5. The van der Waals surface area contributed by atoms with E-state index in [1.54, 1.807) is 6.92 Å². The van der Waals surface area contributed by atoms with Gasteiger partial charge in [0.2, 0.25) is 0 Å². The molecule has 0 amide bonds. The van der Waals surface area contributed by atoms with Crippen LogP contribution in [0.2, 0.25) is 0 Å². The van der Waals surface area contributed by atoms with Crippen molar-refractivity contribution >= 4 is 5.97 Å². The summed E-state index contributed by atoms with van der Waals surface area (Å²) in [6, 6.07) is 0. The number of esters is 1. The number of hydrogen-bond acceptors (Lipinski definition) is 4. The van der Waals surface area contributed by atoms with Crippen molar-refractivity contribution in [3.8, 4) is 0 Å². The molecule has 4 nitrogen and oxygen atoms in total. The van der Waals surface area contributed by atoms with Gasteiger partial charge in [-0.2, -0.15) is 0 Å². The van der Waals surface area contributed by atoms with Crippen molar-refractivity contribution in [3.05, 3.63) is 12.2 Å². The Hall–Kier alpha value is -0.870. The number of carbonyl (C=O) groups is 1. The average molecular weight is 946 g/mol. The van der Waals surface area contributed by atoms with Crippen molar-refractivity contribution in [2.24, 2.45) is 11.8 Å². The average Bonchev–Trinajstić information content (AvgIpc) is 3.32. The zero-order valence-corrected chi connectivity index (χ0v) is 46.8. The Balaban J connectivity index is 5.09. The molecule has 0 fully saturated rings. The molecule has 0 rings (SSSR count). The molecule has 0 saturated carbocycles. The highest BCUT2D eigenvalue weighted by molar-refractivity contribution is 5.87. The summed E-state index contributed by atoms with van der Waals surface area (Å²) >= 11 is 0. The summed E-state index contributed by atoms with van der Waals surface area (Å²) in [5, 5.41) is 0. The standard InChI is InChI=1S/C63H124O4/c1-7-11-15-19-23-27-31-33-37-41-45-49-53-60(51-47-43-39-35-29-25-21-17-13-9-3)55-65-57-62(67-63(64)59(5)6)58-66-56-61(52-48-44-40-36-30-26-22-18-14-10-4)54-50-46-42-38-34-32-28-24-20-16-12-8-2/h60-62H,5,7-58H2,1-4,6H3. The molecule has 0 aromatic rings. The number of ether oxygens (including phenoxy) is 3. The number of carbonyl (C=O) groups excluding carboxylic acids is 1. The van der Waals surface area contributed by atoms with E-state index >= 15 is 0 Å². The highest BCUT2D eigenvalue weighted by atomic mass is 16.6. The molecule has 0 aliphatic rings. The molecule has 4 heteroatoms. The highest BCUT2D eigenvalue weighted by Gasteiger charge is 2.19. The Bertz CT molecular complexity index is 902. The highest BCUT2D eigenvalue weighted by Crippen LogP contribution is 2.23. The molecule has 2 atom stereocenters. The Morgan fingerprint density at radius 2 is 0.507 bits per heavy atom. The molecule has 0 aromatic carbocycles. The van der Waals surface area contributed by atoms with Gasteiger partial charge in [-0.3, -0.25) is 0 Å². The van der Waals surface area contributed by atoms with Gasteiger partial charge >= 0.3 is 5.97 Å². The van der Waals surface area contributed by atoms with Crippen LogP contribution in [0.15, 0.2) is 12.2 Å². The van der Waals surface area contributed by atoms with Gasteiger partial charge in [0.1, 0.15) is 6.10 Å². The molecule has 400 valence electrons. The van der Waals surface area contributed by atoms with Gasteiger partial charge in [-0.15, -0.1) is 0 Å². The summed E-state index contributed by atoms with van der Waals surface area (Å²) in [6.45, 7) is 17.2. The first kappa shape index (κ1) is 66.1. The van der Waals surface area contributed by atoms with Crippen LogP contribution in [-0.2, 0) is 19.0 Å². The number of hydrogen-bond donors (Lipinski definition) is 0. The Labute approximate surface area is 422 Å². The second kappa shape index (κ2) is 56.0. The minimum Gasteiger partial charge on any atom is -0.454 e. The van der Waals surface area contributed by atoms with Crippen LogP contribution < -0.4 is 0 Å². The van der Waals surface area contributed by atoms with Gasteiger partial charge in [0.25, 0.3) is 0 Å². The van der Waals surface area contributed by atoms with E-state index in [9.17, 15) is 4.79 Å². The maximum Gasteiger partial charge on any atom is 0.333 e. The van der Waals surface area contributed by atoms with Crippen LogP contribution in [0.3, 0.4) is 0 Å². The van der Waals surface area contributed by atoms with Gasteiger partial charge in [-0.25, -0.2) is 4.79 Å². The smallest absolute Gasteiger partial charge is 0.333 e. The molecule has 2 unspecified atom stereocenters. The number of unbranched alkanes of at least 4 members (excludes halogenated alkanes) is 40. The molecule has 0 aromatic heterocycles. The summed E-state index contributed by atoms with van der Waals surface area (Å²) in [5.74, 6) is 0.835. The fraction of sp³-hybridized carbons (Fsp3) is 0.952. The third kappa shape index (κ3) is 51.3. The molecule has 67 heavy (non-hydrogen) atoms. The molecule has 0 N–H and O–H groups in total. The van der Waals surface area contributed by atoms with Gasteiger partial charge in [0.05, 0.1) is 13.2 Å². The van der Waals surface area contributed by atoms with Gasteiger partial charge in [-0.05, 0) is 44.4 Å². The Kier molecular flexibility index (Phi) is 55.3. The fourth-order valence-corrected chi connectivity index (χ4v) is 10.1. The quantitative estimate of drug-likeness (QED) is 0.0346. The second-order valence-electron chi connectivity index (χ2n) is 21.9. The predicted molar refractivity (Wildman–Crippen MR) is 298 cm³/mol. The van der Waals surface area contributed by atoms with Crippen molar-refractivity contribution in [1.82, 2.24) is 0 Å². The summed E-state index contributed by atoms with van der Waals surface area (Å²) in [5.41, 5.74) is 0.446. The minimum atomic E-state index is -0.390. The second-order valence-corrected chi connectivity index (χ2v) is 21.9. The molecule has 0 heterocycles. The van der Waals surface area contributed by atoms with Crippen molar-refractivity contribution < 1.29 is 19.0 Å². The first-order valence-corrected chi connectivity index (χ1v) is 31.0. The van der Waals surface area contributed by atoms with Crippen LogP contribution in [0.4, 0.5) is 0 Å². The maximum atomic E-state index is 12.8. The van der Waals surface area contributed by atoms with Crippen molar-refractivity contribution in [1.29, 1.82) is 0 Å². The van der Waals surface area contributed by atoms with E-state index in [0.717, 1.165) is 13.2 Å². The number of rotatable bonds is 58. The largest absolute Gasteiger partial charge is 0.454 e. The summed E-state index contributed by atoms with van der Waals surface area (Å²) < 4.78 is 19.0. The van der Waals surface area contributed by atoms with Crippen LogP contribution in [0.5, 0.6) is 0 Å². The van der Waals surface area contributed by atoms with Crippen molar-refractivity contribution in [2.75, 3.05) is 26.4 Å². The van der Waals surface area contributed by atoms with E-state index in [1.807, 2.05) is 0 Å². The lowest BCUT2D eigenvalue weighted by Gasteiger charge is -2.23. The van der Waals surface area contributed by atoms with Gasteiger partial charge in [-0.1, -0.05) is 317 Å². The third-order valence-electron chi connectivity index (χ3n) is 14.8. The first-order chi connectivity index (χ1) is 33.0. The zero-order chi connectivity index (χ0) is 48.8. The molecular formula is C63H124O4. The summed E-state index contributed by atoms with van der Waals surface area (Å²) in [6.07, 6.45) is 65.6. The maximum absolute atomic E-state index is 12.8. The molecule has 0 radical (unpaired) electrons. The molecule has 0 saturated heterocycles. The van der Waals surface area contributed by atoms with Crippen LogP contribution >= 0.6 is 0 Å². The first-order valence-electron chi connectivity index (χ1n) is 31.0. The van der Waals surface area contributed by atoms with E-state index in [4.69, 9.17) is 14.2 Å². The Morgan fingerprint density at radius 3 is 0.701 bits per heavy atom. The van der Waals surface area contributed by atoms with Crippen molar-refractivity contribution in [3.63, 3.8) is 0 Å². The lowest BCUT2D eigenvalue weighted by Crippen LogP contribution is -2.30. The molecule has 0 aliphatic heterocycles.